The van der Waals surface area contributed by atoms with Crippen LogP contribution in [0.5, 0.6) is 0 Å². The van der Waals surface area contributed by atoms with Crippen LogP contribution in [0.15, 0.2) is 12.2 Å². The Hall–Kier alpha value is -1.23. The molecule has 1 fully saturated rings. The van der Waals surface area contributed by atoms with Gasteiger partial charge < -0.3 is 10.6 Å². The maximum absolute atomic E-state index is 12.2. The number of carbonyl (C=O) groups excluding carboxylic acids is 2. The van der Waals surface area contributed by atoms with Gasteiger partial charge in [-0.1, -0.05) is 25.5 Å². The molecule has 0 bridgehead atoms. The number of amides is 2. The topological polar surface area (TPSA) is 58.2 Å². The summed E-state index contributed by atoms with van der Waals surface area (Å²) in [5.41, 5.74) is -0.951. The Morgan fingerprint density at radius 2 is 2.00 bits per heavy atom. The lowest BCUT2D eigenvalue weighted by Crippen LogP contribution is -2.65. The van der Waals surface area contributed by atoms with Crippen LogP contribution in [0, 0.1) is 11.3 Å². The van der Waals surface area contributed by atoms with E-state index in [-0.39, 0.29) is 22.8 Å². The number of thiocarbonyl (C=S) groups is 1. The molecule has 2 N–H and O–H groups in total. The molecule has 1 atom stereocenters. The van der Waals surface area contributed by atoms with E-state index in [0.717, 1.165) is 19.3 Å². The average molecular weight is 252 g/mol. The van der Waals surface area contributed by atoms with Crippen LogP contribution in [0.25, 0.3) is 0 Å². The predicted octanol–water partition coefficient (Wildman–Crippen LogP) is 1.27. The molecule has 1 aliphatic heterocycles. The van der Waals surface area contributed by atoms with Crippen molar-refractivity contribution in [3.05, 3.63) is 12.2 Å². The van der Waals surface area contributed by atoms with Gasteiger partial charge in [0.1, 0.15) is 5.41 Å². The average Bonchev–Trinajstić information content (AvgIpc) is 2.28. The van der Waals surface area contributed by atoms with Crippen molar-refractivity contribution in [2.45, 2.75) is 32.6 Å². The van der Waals surface area contributed by atoms with Gasteiger partial charge in [-0.2, -0.15) is 0 Å². The van der Waals surface area contributed by atoms with E-state index in [1.165, 1.54) is 0 Å². The quantitative estimate of drug-likeness (QED) is 0.442. The first-order chi connectivity index (χ1) is 8.11. The molecule has 0 radical (unpaired) electrons. The molecule has 92 valence electrons. The van der Waals surface area contributed by atoms with Crippen molar-refractivity contribution in [2.75, 3.05) is 0 Å². The van der Waals surface area contributed by atoms with Crippen LogP contribution in [0.3, 0.4) is 0 Å². The maximum Gasteiger partial charge on any atom is 0.242 e. The lowest BCUT2D eigenvalue weighted by atomic mass is 9.65. The minimum atomic E-state index is -0.951. The van der Waals surface area contributed by atoms with Crippen molar-refractivity contribution in [1.82, 2.24) is 10.6 Å². The van der Waals surface area contributed by atoms with Gasteiger partial charge in [0.15, 0.2) is 5.11 Å². The van der Waals surface area contributed by atoms with Crippen LogP contribution in [0.2, 0.25) is 0 Å². The monoisotopic (exact) mass is 252 g/mol. The predicted molar refractivity (Wildman–Crippen MR) is 68.1 cm³/mol. The summed E-state index contributed by atoms with van der Waals surface area (Å²) < 4.78 is 0. The van der Waals surface area contributed by atoms with Gasteiger partial charge >= 0.3 is 0 Å². The molecule has 17 heavy (non-hydrogen) atoms. The van der Waals surface area contributed by atoms with Crippen LogP contribution in [-0.2, 0) is 9.59 Å². The van der Waals surface area contributed by atoms with Crippen LogP contribution in [-0.4, -0.2) is 16.9 Å². The highest BCUT2D eigenvalue weighted by atomic mass is 32.1. The summed E-state index contributed by atoms with van der Waals surface area (Å²) in [5, 5.41) is 5.29. The Morgan fingerprint density at radius 3 is 2.59 bits per heavy atom. The minimum absolute atomic E-state index is 0.0700. The van der Waals surface area contributed by atoms with Crippen LogP contribution in [0.1, 0.15) is 32.6 Å². The second-order valence-electron chi connectivity index (χ2n) is 4.61. The summed E-state index contributed by atoms with van der Waals surface area (Å²) >= 11 is 4.83. The molecule has 0 aromatic carbocycles. The molecular weight excluding hydrogens is 236 g/mol. The Bertz CT molecular complexity index is 383. The zero-order valence-electron chi connectivity index (χ0n) is 9.79. The molecule has 1 aliphatic carbocycles. The number of allylic oxidation sites excluding steroid dienone is 2. The third-order valence-corrected chi connectivity index (χ3v) is 3.83. The molecule has 1 unspecified atom stereocenters. The lowest BCUT2D eigenvalue weighted by Gasteiger charge is -2.41. The van der Waals surface area contributed by atoms with Crippen molar-refractivity contribution in [2.24, 2.45) is 11.3 Å². The van der Waals surface area contributed by atoms with E-state index >= 15 is 0 Å². The van der Waals surface area contributed by atoms with Gasteiger partial charge in [-0.05, 0) is 37.4 Å². The summed E-state index contributed by atoms with van der Waals surface area (Å²) in [4.78, 5) is 24.4. The van der Waals surface area contributed by atoms with E-state index < -0.39 is 5.41 Å². The summed E-state index contributed by atoms with van der Waals surface area (Å²) in [6, 6.07) is 0. The van der Waals surface area contributed by atoms with Gasteiger partial charge in [0.05, 0.1) is 0 Å². The van der Waals surface area contributed by atoms with Crippen molar-refractivity contribution in [3.63, 3.8) is 0 Å². The fourth-order valence-corrected chi connectivity index (χ4v) is 2.92. The van der Waals surface area contributed by atoms with Gasteiger partial charge in [0.2, 0.25) is 11.8 Å². The van der Waals surface area contributed by atoms with Gasteiger partial charge in [0.25, 0.3) is 0 Å². The first kappa shape index (κ1) is 12.2. The highest BCUT2D eigenvalue weighted by Crippen LogP contribution is 2.42. The van der Waals surface area contributed by atoms with Gasteiger partial charge in [-0.15, -0.1) is 0 Å². The summed E-state index contributed by atoms with van der Waals surface area (Å²) in [6.45, 7) is 2.06. The van der Waals surface area contributed by atoms with Crippen molar-refractivity contribution < 1.29 is 9.59 Å². The summed E-state index contributed by atoms with van der Waals surface area (Å²) in [7, 11) is 0. The maximum atomic E-state index is 12.2. The van der Waals surface area contributed by atoms with Crippen LogP contribution >= 0.6 is 12.2 Å². The minimum Gasteiger partial charge on any atom is -0.302 e. The van der Waals surface area contributed by atoms with E-state index in [1.807, 2.05) is 6.08 Å². The Morgan fingerprint density at radius 1 is 1.35 bits per heavy atom. The molecule has 2 aliphatic rings. The second-order valence-corrected chi connectivity index (χ2v) is 5.01. The Kier molecular flexibility index (Phi) is 3.28. The van der Waals surface area contributed by atoms with E-state index in [9.17, 15) is 9.59 Å². The zero-order valence-corrected chi connectivity index (χ0v) is 10.6. The van der Waals surface area contributed by atoms with Gasteiger partial charge in [0, 0.05) is 0 Å². The van der Waals surface area contributed by atoms with Crippen molar-refractivity contribution in [1.29, 1.82) is 0 Å². The summed E-state index contributed by atoms with van der Waals surface area (Å²) in [6.07, 6.45) is 7.06. The zero-order chi connectivity index (χ0) is 12.5. The first-order valence-electron chi connectivity index (χ1n) is 5.93. The Balaban J connectivity index is 2.36. The van der Waals surface area contributed by atoms with Gasteiger partial charge in [-0.25, -0.2) is 0 Å². The molecule has 5 heteroatoms. The molecule has 1 spiro atoms. The molecular formula is C12H16N2O2S. The van der Waals surface area contributed by atoms with Crippen molar-refractivity contribution >= 4 is 29.1 Å². The van der Waals surface area contributed by atoms with E-state index in [2.05, 4.69) is 23.6 Å². The molecule has 4 nitrogen and oxygen atoms in total. The van der Waals surface area contributed by atoms with Gasteiger partial charge in [-0.3, -0.25) is 9.59 Å². The van der Waals surface area contributed by atoms with Crippen LogP contribution < -0.4 is 10.6 Å². The van der Waals surface area contributed by atoms with E-state index in [1.54, 1.807) is 0 Å². The highest BCUT2D eigenvalue weighted by Gasteiger charge is 2.54. The van der Waals surface area contributed by atoms with E-state index in [0.29, 0.717) is 6.42 Å². The number of carbonyl (C=O) groups is 2. The third-order valence-electron chi connectivity index (χ3n) is 3.63. The molecule has 2 amide bonds. The standard InChI is InChI=1S/C12H16N2O2S/c1-2-5-8-6-3-4-7-12(8)9(15)13-11(17)14-10(12)16/h3-4,8H,2,5-7H2,1H3,(H2,13,14,15,16,17). The normalized spacial score (nSPS) is 26.9. The number of hydrogen-bond acceptors (Lipinski definition) is 3. The van der Waals surface area contributed by atoms with Crippen molar-refractivity contribution in [3.8, 4) is 0 Å². The Labute approximate surface area is 106 Å². The molecule has 1 heterocycles. The molecule has 0 aromatic rings. The number of rotatable bonds is 2. The second kappa shape index (κ2) is 4.56. The largest absolute Gasteiger partial charge is 0.302 e. The summed E-state index contributed by atoms with van der Waals surface area (Å²) in [5.74, 6) is -0.413. The molecule has 1 saturated heterocycles. The molecule has 2 rings (SSSR count). The lowest BCUT2D eigenvalue weighted by molar-refractivity contribution is -0.148. The highest BCUT2D eigenvalue weighted by molar-refractivity contribution is 7.80. The number of hydrogen-bond donors (Lipinski definition) is 2. The SMILES string of the molecule is CCCC1CC=CCC12C(=O)NC(=S)NC2=O. The molecule has 0 aromatic heterocycles. The van der Waals surface area contributed by atoms with E-state index in [4.69, 9.17) is 12.2 Å². The number of nitrogens with one attached hydrogen (secondary N) is 2. The fraction of sp³-hybridized carbons (Fsp3) is 0.583. The third kappa shape index (κ3) is 1.88. The first-order valence-corrected chi connectivity index (χ1v) is 6.34. The van der Waals surface area contributed by atoms with Crippen LogP contribution in [0.4, 0.5) is 0 Å². The smallest absolute Gasteiger partial charge is 0.242 e. The fourth-order valence-electron chi connectivity index (χ4n) is 2.73. The molecule has 0 saturated carbocycles.